The van der Waals surface area contributed by atoms with Crippen molar-refractivity contribution in [3.8, 4) is 0 Å². The Kier molecular flexibility index (Phi) is 6.24. The topological polar surface area (TPSA) is 41.1 Å². The van der Waals surface area contributed by atoms with Gasteiger partial charge in [-0.1, -0.05) is 23.8 Å². The number of amides is 1. The van der Waals surface area contributed by atoms with Crippen LogP contribution in [0.4, 0.5) is 0 Å². The quantitative estimate of drug-likeness (QED) is 0.899. The molecule has 21 heavy (non-hydrogen) atoms. The molecule has 1 amide bonds. The molecule has 1 saturated heterocycles. The van der Waals surface area contributed by atoms with E-state index in [-0.39, 0.29) is 29.8 Å². The van der Waals surface area contributed by atoms with Gasteiger partial charge in [0.2, 0.25) is 5.91 Å². The number of hydrogen-bond acceptors (Lipinski definition) is 2. The van der Waals surface area contributed by atoms with Crippen molar-refractivity contribution in [2.24, 2.45) is 5.41 Å². The molecule has 2 N–H and O–H groups in total. The van der Waals surface area contributed by atoms with Gasteiger partial charge < -0.3 is 10.6 Å². The van der Waals surface area contributed by atoms with Crippen LogP contribution in [-0.2, 0) is 4.79 Å². The third-order valence-electron chi connectivity index (χ3n) is 4.38. The van der Waals surface area contributed by atoms with Crippen molar-refractivity contribution in [1.29, 1.82) is 0 Å². The Hall–Kier alpha value is -1.06. The molecule has 4 heteroatoms. The van der Waals surface area contributed by atoms with Crippen LogP contribution in [0.2, 0.25) is 0 Å². The summed E-state index contributed by atoms with van der Waals surface area (Å²) in [5, 5.41) is 6.52. The van der Waals surface area contributed by atoms with Gasteiger partial charge in [-0.05, 0) is 58.2 Å². The minimum atomic E-state index is -0.273. The monoisotopic (exact) mass is 310 g/mol. The summed E-state index contributed by atoms with van der Waals surface area (Å²) in [7, 11) is 0. The first kappa shape index (κ1) is 18.0. The van der Waals surface area contributed by atoms with Crippen molar-refractivity contribution in [2.45, 2.75) is 46.6 Å². The summed E-state index contributed by atoms with van der Waals surface area (Å²) >= 11 is 0. The Labute approximate surface area is 134 Å². The fraction of sp³-hybridized carbons (Fsp3) is 0.588. The minimum absolute atomic E-state index is 0. The second kappa shape index (κ2) is 7.28. The molecule has 0 bridgehead atoms. The molecule has 0 saturated carbocycles. The van der Waals surface area contributed by atoms with Crippen LogP contribution in [-0.4, -0.2) is 19.0 Å². The van der Waals surface area contributed by atoms with E-state index in [1.807, 2.05) is 0 Å². The van der Waals surface area contributed by atoms with Crippen LogP contribution in [0.5, 0.6) is 0 Å². The summed E-state index contributed by atoms with van der Waals surface area (Å²) in [5.74, 6) is 0.164. The van der Waals surface area contributed by atoms with Crippen molar-refractivity contribution < 1.29 is 4.79 Å². The summed E-state index contributed by atoms with van der Waals surface area (Å²) in [6, 6.07) is 6.45. The number of aryl methyl sites for hydroxylation is 2. The summed E-state index contributed by atoms with van der Waals surface area (Å²) in [4.78, 5) is 12.5. The van der Waals surface area contributed by atoms with E-state index in [4.69, 9.17) is 0 Å². The molecular weight excluding hydrogens is 284 g/mol. The first-order chi connectivity index (χ1) is 9.42. The van der Waals surface area contributed by atoms with Gasteiger partial charge in [0, 0.05) is 6.54 Å². The van der Waals surface area contributed by atoms with Crippen LogP contribution in [0.1, 0.15) is 49.4 Å². The Balaban J connectivity index is 0.00000220. The van der Waals surface area contributed by atoms with Gasteiger partial charge in [-0.2, -0.15) is 0 Å². The van der Waals surface area contributed by atoms with E-state index in [0.717, 1.165) is 25.9 Å². The molecule has 1 fully saturated rings. The molecule has 2 rings (SSSR count). The van der Waals surface area contributed by atoms with E-state index >= 15 is 0 Å². The highest BCUT2D eigenvalue weighted by Gasteiger charge is 2.35. The lowest BCUT2D eigenvalue weighted by Crippen LogP contribution is -2.49. The zero-order valence-electron chi connectivity index (χ0n) is 13.5. The van der Waals surface area contributed by atoms with E-state index < -0.39 is 0 Å². The fourth-order valence-electron chi connectivity index (χ4n) is 3.01. The molecule has 0 aliphatic carbocycles. The highest BCUT2D eigenvalue weighted by molar-refractivity contribution is 5.85. The minimum Gasteiger partial charge on any atom is -0.349 e. The predicted molar refractivity (Wildman–Crippen MR) is 89.9 cm³/mol. The Bertz CT molecular complexity index is 496. The first-order valence-electron chi connectivity index (χ1n) is 7.51. The molecule has 1 aliphatic heterocycles. The van der Waals surface area contributed by atoms with Crippen molar-refractivity contribution in [2.75, 3.05) is 13.1 Å². The van der Waals surface area contributed by atoms with Gasteiger partial charge in [-0.3, -0.25) is 4.79 Å². The lowest BCUT2D eigenvalue weighted by Gasteiger charge is -2.34. The van der Waals surface area contributed by atoms with Crippen molar-refractivity contribution in [3.63, 3.8) is 0 Å². The summed E-state index contributed by atoms with van der Waals surface area (Å²) in [6.45, 7) is 10.1. The van der Waals surface area contributed by atoms with E-state index in [1.165, 1.54) is 16.7 Å². The maximum atomic E-state index is 12.5. The Morgan fingerprint density at radius 3 is 2.67 bits per heavy atom. The molecule has 118 valence electrons. The number of rotatable bonds is 3. The summed E-state index contributed by atoms with van der Waals surface area (Å²) in [6.07, 6.45) is 2.04. The number of halogens is 1. The maximum absolute atomic E-state index is 12.5. The lowest BCUT2D eigenvalue weighted by atomic mass is 9.81. The van der Waals surface area contributed by atoms with Gasteiger partial charge >= 0.3 is 0 Å². The van der Waals surface area contributed by atoms with Crippen LogP contribution < -0.4 is 10.6 Å². The molecular formula is C17H27ClN2O. The molecule has 1 heterocycles. The van der Waals surface area contributed by atoms with E-state index in [9.17, 15) is 4.79 Å². The summed E-state index contributed by atoms with van der Waals surface area (Å²) in [5.41, 5.74) is 3.43. The molecule has 0 spiro atoms. The van der Waals surface area contributed by atoms with Crippen LogP contribution >= 0.6 is 12.4 Å². The number of benzene rings is 1. The van der Waals surface area contributed by atoms with Gasteiger partial charge in [0.25, 0.3) is 0 Å². The average molecular weight is 311 g/mol. The van der Waals surface area contributed by atoms with Crippen LogP contribution in [0.25, 0.3) is 0 Å². The van der Waals surface area contributed by atoms with Gasteiger partial charge in [0.05, 0.1) is 11.5 Å². The lowest BCUT2D eigenvalue weighted by molar-refractivity contribution is -0.131. The van der Waals surface area contributed by atoms with Crippen molar-refractivity contribution >= 4 is 18.3 Å². The smallest absolute Gasteiger partial charge is 0.227 e. The fourth-order valence-corrected chi connectivity index (χ4v) is 3.01. The number of carbonyl (C=O) groups is 1. The number of hydrogen-bond donors (Lipinski definition) is 2. The third kappa shape index (κ3) is 4.21. The largest absolute Gasteiger partial charge is 0.349 e. The van der Waals surface area contributed by atoms with E-state index in [0.29, 0.717) is 0 Å². The second-order valence-corrected chi connectivity index (χ2v) is 6.40. The van der Waals surface area contributed by atoms with Crippen LogP contribution in [0.3, 0.4) is 0 Å². The van der Waals surface area contributed by atoms with E-state index in [1.54, 1.807) is 0 Å². The number of piperidine rings is 1. The molecule has 0 radical (unpaired) electrons. The SMILES string of the molecule is Cc1ccc(C(C)NC(=O)C2(C)CCCNC2)c(C)c1.Cl. The average Bonchev–Trinajstić information content (AvgIpc) is 2.39. The highest BCUT2D eigenvalue weighted by atomic mass is 35.5. The van der Waals surface area contributed by atoms with Crippen LogP contribution in [0, 0.1) is 19.3 Å². The van der Waals surface area contributed by atoms with Gasteiger partial charge in [-0.15, -0.1) is 12.4 Å². The molecule has 2 unspecified atom stereocenters. The maximum Gasteiger partial charge on any atom is 0.227 e. The molecule has 2 atom stereocenters. The van der Waals surface area contributed by atoms with Crippen molar-refractivity contribution in [3.05, 3.63) is 34.9 Å². The Morgan fingerprint density at radius 2 is 2.10 bits per heavy atom. The zero-order chi connectivity index (χ0) is 14.8. The van der Waals surface area contributed by atoms with Gasteiger partial charge in [0.1, 0.15) is 0 Å². The van der Waals surface area contributed by atoms with Crippen LogP contribution in [0.15, 0.2) is 18.2 Å². The second-order valence-electron chi connectivity index (χ2n) is 6.40. The number of nitrogens with one attached hydrogen (secondary N) is 2. The highest BCUT2D eigenvalue weighted by Crippen LogP contribution is 2.27. The molecule has 1 aromatic carbocycles. The standard InChI is InChI=1S/C17H26N2O.ClH/c1-12-6-7-15(13(2)10-12)14(3)19-16(20)17(4)8-5-9-18-11-17;/h6-7,10,14,18H,5,8-9,11H2,1-4H3,(H,19,20);1H. The zero-order valence-corrected chi connectivity index (χ0v) is 14.3. The van der Waals surface area contributed by atoms with Crippen molar-refractivity contribution in [1.82, 2.24) is 10.6 Å². The van der Waals surface area contributed by atoms with E-state index in [2.05, 4.69) is 56.5 Å². The summed E-state index contributed by atoms with van der Waals surface area (Å²) < 4.78 is 0. The third-order valence-corrected chi connectivity index (χ3v) is 4.38. The Morgan fingerprint density at radius 1 is 1.38 bits per heavy atom. The molecule has 1 aromatic rings. The molecule has 0 aromatic heterocycles. The number of carbonyl (C=O) groups excluding carboxylic acids is 1. The molecule has 3 nitrogen and oxygen atoms in total. The molecule has 1 aliphatic rings. The van der Waals surface area contributed by atoms with Gasteiger partial charge in [0.15, 0.2) is 0 Å². The normalized spacial score (nSPS) is 23.0. The first-order valence-corrected chi connectivity index (χ1v) is 7.51. The van der Waals surface area contributed by atoms with Gasteiger partial charge in [-0.25, -0.2) is 0 Å². The predicted octanol–water partition coefficient (Wildman–Crippen LogP) is 3.29.